The van der Waals surface area contributed by atoms with Crippen LogP contribution >= 0.6 is 0 Å². The standard InChI is InChI=1S/C13H11F2N3O/c14-10-5-4-8(6-11(10)15)13(19)18-12-3-1-2-9(7-16)17-12/h1-6H,7,16H2,(H,17,18,19). The lowest BCUT2D eigenvalue weighted by Crippen LogP contribution is -2.14. The van der Waals surface area contributed by atoms with Crippen molar-refractivity contribution in [3.63, 3.8) is 0 Å². The summed E-state index contributed by atoms with van der Waals surface area (Å²) in [6.45, 7) is 0.245. The first kappa shape index (κ1) is 13.1. The van der Waals surface area contributed by atoms with E-state index < -0.39 is 17.5 Å². The van der Waals surface area contributed by atoms with Gasteiger partial charge in [0.15, 0.2) is 11.6 Å². The predicted molar refractivity (Wildman–Crippen MR) is 66.4 cm³/mol. The Morgan fingerprint density at radius 3 is 2.68 bits per heavy atom. The van der Waals surface area contributed by atoms with Crippen molar-refractivity contribution in [2.45, 2.75) is 6.54 Å². The molecule has 4 nitrogen and oxygen atoms in total. The zero-order valence-electron chi connectivity index (χ0n) is 9.86. The fraction of sp³-hybridized carbons (Fsp3) is 0.0769. The van der Waals surface area contributed by atoms with E-state index >= 15 is 0 Å². The zero-order chi connectivity index (χ0) is 13.8. The van der Waals surface area contributed by atoms with Gasteiger partial charge in [-0.1, -0.05) is 6.07 Å². The Morgan fingerprint density at radius 2 is 2.00 bits per heavy atom. The molecule has 0 saturated carbocycles. The van der Waals surface area contributed by atoms with Crippen LogP contribution in [0.2, 0.25) is 0 Å². The highest BCUT2D eigenvalue weighted by Crippen LogP contribution is 2.11. The van der Waals surface area contributed by atoms with Crippen molar-refractivity contribution in [3.05, 3.63) is 59.3 Å². The fourth-order valence-corrected chi connectivity index (χ4v) is 1.49. The quantitative estimate of drug-likeness (QED) is 0.890. The Morgan fingerprint density at radius 1 is 1.21 bits per heavy atom. The molecule has 0 fully saturated rings. The van der Waals surface area contributed by atoms with E-state index in [9.17, 15) is 13.6 Å². The lowest BCUT2D eigenvalue weighted by molar-refractivity contribution is 0.102. The minimum Gasteiger partial charge on any atom is -0.325 e. The molecule has 0 aliphatic carbocycles. The summed E-state index contributed by atoms with van der Waals surface area (Å²) in [5.41, 5.74) is 6.06. The Labute approximate surface area is 108 Å². The third kappa shape index (κ3) is 3.11. The predicted octanol–water partition coefficient (Wildman–Crippen LogP) is 2.07. The van der Waals surface area contributed by atoms with Gasteiger partial charge in [0, 0.05) is 12.1 Å². The van der Waals surface area contributed by atoms with Crippen LogP contribution in [-0.2, 0) is 6.54 Å². The highest BCUT2D eigenvalue weighted by molar-refractivity contribution is 6.03. The maximum Gasteiger partial charge on any atom is 0.256 e. The Balaban J connectivity index is 2.18. The van der Waals surface area contributed by atoms with Gasteiger partial charge in [-0.05, 0) is 30.3 Å². The molecule has 1 aromatic carbocycles. The van der Waals surface area contributed by atoms with E-state index in [1.807, 2.05) is 0 Å². The van der Waals surface area contributed by atoms with Crippen molar-refractivity contribution >= 4 is 11.7 Å². The molecule has 0 saturated heterocycles. The minimum absolute atomic E-state index is 0.0128. The molecule has 0 aliphatic heterocycles. The number of hydrogen-bond acceptors (Lipinski definition) is 3. The number of nitrogens with zero attached hydrogens (tertiary/aromatic N) is 1. The van der Waals surface area contributed by atoms with E-state index in [1.165, 1.54) is 6.07 Å². The first-order valence-electron chi connectivity index (χ1n) is 5.52. The maximum atomic E-state index is 13.0. The van der Waals surface area contributed by atoms with Crippen LogP contribution in [0, 0.1) is 11.6 Å². The SMILES string of the molecule is NCc1cccc(NC(=O)c2ccc(F)c(F)c2)n1. The zero-order valence-corrected chi connectivity index (χ0v) is 9.86. The number of rotatable bonds is 3. The van der Waals surface area contributed by atoms with E-state index in [4.69, 9.17) is 5.73 Å². The average Bonchev–Trinajstić information content (AvgIpc) is 2.42. The number of aromatic nitrogens is 1. The Kier molecular flexibility index (Phi) is 3.82. The van der Waals surface area contributed by atoms with Crippen LogP contribution in [0.15, 0.2) is 36.4 Å². The van der Waals surface area contributed by atoms with E-state index in [0.29, 0.717) is 11.5 Å². The Hall–Kier alpha value is -2.34. The monoisotopic (exact) mass is 263 g/mol. The molecule has 19 heavy (non-hydrogen) atoms. The van der Waals surface area contributed by atoms with Crippen LogP contribution in [0.3, 0.4) is 0 Å². The van der Waals surface area contributed by atoms with Crippen LogP contribution in [0.25, 0.3) is 0 Å². The summed E-state index contributed by atoms with van der Waals surface area (Å²) in [5.74, 6) is -2.34. The molecule has 0 unspecified atom stereocenters. The van der Waals surface area contributed by atoms with Crippen LogP contribution in [0.5, 0.6) is 0 Å². The van der Waals surface area contributed by atoms with Crippen molar-refractivity contribution < 1.29 is 13.6 Å². The molecule has 3 N–H and O–H groups in total. The van der Waals surface area contributed by atoms with Gasteiger partial charge in [-0.25, -0.2) is 13.8 Å². The summed E-state index contributed by atoms with van der Waals surface area (Å²) in [7, 11) is 0. The summed E-state index contributed by atoms with van der Waals surface area (Å²) in [5, 5.41) is 2.48. The number of benzene rings is 1. The molecule has 98 valence electrons. The second-order valence-corrected chi connectivity index (χ2v) is 3.80. The number of nitrogens with two attached hydrogens (primary N) is 1. The van der Waals surface area contributed by atoms with Gasteiger partial charge in [0.05, 0.1) is 5.69 Å². The van der Waals surface area contributed by atoms with Gasteiger partial charge < -0.3 is 11.1 Å². The first-order valence-corrected chi connectivity index (χ1v) is 5.52. The van der Waals surface area contributed by atoms with Gasteiger partial charge >= 0.3 is 0 Å². The molecule has 0 spiro atoms. The molecule has 2 aromatic rings. The Bertz CT molecular complexity index is 617. The van der Waals surface area contributed by atoms with Crippen LogP contribution in [0.4, 0.5) is 14.6 Å². The van der Waals surface area contributed by atoms with Gasteiger partial charge in [0.2, 0.25) is 0 Å². The normalized spacial score (nSPS) is 10.3. The number of pyridine rings is 1. The van der Waals surface area contributed by atoms with Gasteiger partial charge in [-0.2, -0.15) is 0 Å². The molecule has 0 radical (unpaired) electrons. The minimum atomic E-state index is -1.07. The van der Waals surface area contributed by atoms with E-state index in [1.54, 1.807) is 18.2 Å². The van der Waals surface area contributed by atoms with Gasteiger partial charge in [-0.15, -0.1) is 0 Å². The number of carbonyl (C=O) groups is 1. The molecule has 0 atom stereocenters. The van der Waals surface area contributed by atoms with Gasteiger partial charge in [0.1, 0.15) is 5.82 Å². The van der Waals surface area contributed by atoms with Crippen molar-refractivity contribution in [2.24, 2.45) is 5.73 Å². The number of hydrogen-bond donors (Lipinski definition) is 2. The molecule has 0 aliphatic rings. The van der Waals surface area contributed by atoms with Crippen molar-refractivity contribution in [3.8, 4) is 0 Å². The molecular formula is C13H11F2N3O. The lowest BCUT2D eigenvalue weighted by atomic mass is 10.2. The second-order valence-electron chi connectivity index (χ2n) is 3.80. The van der Waals surface area contributed by atoms with Crippen LogP contribution in [0.1, 0.15) is 16.1 Å². The first-order chi connectivity index (χ1) is 9.10. The van der Waals surface area contributed by atoms with Crippen LogP contribution in [-0.4, -0.2) is 10.9 Å². The highest BCUT2D eigenvalue weighted by Gasteiger charge is 2.10. The highest BCUT2D eigenvalue weighted by atomic mass is 19.2. The average molecular weight is 263 g/mol. The number of carbonyl (C=O) groups excluding carboxylic acids is 1. The van der Waals surface area contributed by atoms with E-state index in [0.717, 1.165) is 12.1 Å². The summed E-state index contributed by atoms with van der Waals surface area (Å²) in [6, 6.07) is 7.91. The molecule has 1 aromatic heterocycles. The summed E-state index contributed by atoms with van der Waals surface area (Å²) >= 11 is 0. The van der Waals surface area contributed by atoms with E-state index in [2.05, 4.69) is 10.3 Å². The molecule has 0 bridgehead atoms. The molecule has 1 amide bonds. The number of anilines is 1. The molecule has 2 rings (SSSR count). The molecular weight excluding hydrogens is 252 g/mol. The third-order valence-electron chi connectivity index (χ3n) is 2.44. The lowest BCUT2D eigenvalue weighted by Gasteiger charge is -2.06. The van der Waals surface area contributed by atoms with Crippen molar-refractivity contribution in [1.29, 1.82) is 0 Å². The van der Waals surface area contributed by atoms with Gasteiger partial charge in [0.25, 0.3) is 5.91 Å². The van der Waals surface area contributed by atoms with Crippen molar-refractivity contribution in [2.75, 3.05) is 5.32 Å². The number of nitrogens with one attached hydrogen (secondary N) is 1. The maximum absolute atomic E-state index is 13.0. The smallest absolute Gasteiger partial charge is 0.256 e. The second kappa shape index (κ2) is 5.53. The molecule has 6 heteroatoms. The fourth-order valence-electron chi connectivity index (χ4n) is 1.49. The third-order valence-corrected chi connectivity index (χ3v) is 2.44. The van der Waals surface area contributed by atoms with Gasteiger partial charge in [-0.3, -0.25) is 4.79 Å². The van der Waals surface area contributed by atoms with E-state index in [-0.39, 0.29) is 12.1 Å². The topological polar surface area (TPSA) is 68.0 Å². The summed E-state index contributed by atoms with van der Waals surface area (Å²) in [6.07, 6.45) is 0. The number of amides is 1. The largest absolute Gasteiger partial charge is 0.325 e. The van der Waals surface area contributed by atoms with Crippen LogP contribution < -0.4 is 11.1 Å². The number of halogens is 2. The summed E-state index contributed by atoms with van der Waals surface area (Å²) in [4.78, 5) is 15.9. The summed E-state index contributed by atoms with van der Waals surface area (Å²) < 4.78 is 25.8. The van der Waals surface area contributed by atoms with Crippen molar-refractivity contribution in [1.82, 2.24) is 4.98 Å². The molecule has 1 heterocycles.